The minimum atomic E-state index is -0.362. The van der Waals surface area contributed by atoms with Crippen molar-refractivity contribution in [2.24, 2.45) is 0 Å². The molecule has 0 atom stereocenters. The van der Waals surface area contributed by atoms with Crippen LogP contribution in [-0.4, -0.2) is 23.9 Å². The van der Waals surface area contributed by atoms with E-state index in [4.69, 9.17) is 0 Å². The standard InChI is InChI=1S/C14H16BrN3O2S/c1-16-13-4-3-12(18(19)20)6-11(13)8-17(2)7-10-5-14(15)21-9-10/h3-6,9,16H,7-8H2,1-2H3. The molecule has 1 aromatic carbocycles. The summed E-state index contributed by atoms with van der Waals surface area (Å²) >= 11 is 5.11. The number of thiophene rings is 1. The molecule has 0 aliphatic carbocycles. The fourth-order valence-electron chi connectivity index (χ4n) is 2.16. The van der Waals surface area contributed by atoms with Gasteiger partial charge in [0.25, 0.3) is 5.69 Å². The summed E-state index contributed by atoms with van der Waals surface area (Å²) in [5, 5.41) is 16.1. The van der Waals surface area contributed by atoms with Gasteiger partial charge in [-0.25, -0.2) is 0 Å². The number of nitrogens with one attached hydrogen (secondary N) is 1. The number of rotatable bonds is 6. The van der Waals surface area contributed by atoms with Crippen LogP contribution >= 0.6 is 27.3 Å². The Morgan fingerprint density at radius 2 is 2.14 bits per heavy atom. The van der Waals surface area contributed by atoms with Crippen LogP contribution in [0, 0.1) is 10.1 Å². The normalized spacial score (nSPS) is 10.9. The average molecular weight is 370 g/mol. The molecule has 0 bridgehead atoms. The van der Waals surface area contributed by atoms with Gasteiger partial charge >= 0.3 is 0 Å². The Hall–Kier alpha value is -1.44. The fraction of sp³-hybridized carbons (Fsp3) is 0.286. The molecule has 1 heterocycles. The zero-order valence-corrected chi connectivity index (χ0v) is 14.2. The monoisotopic (exact) mass is 369 g/mol. The van der Waals surface area contributed by atoms with Crippen LogP contribution in [-0.2, 0) is 13.1 Å². The summed E-state index contributed by atoms with van der Waals surface area (Å²) in [5.41, 5.74) is 3.18. The van der Waals surface area contributed by atoms with Crippen molar-refractivity contribution in [3.05, 3.63) is 54.7 Å². The molecule has 0 fully saturated rings. The molecule has 0 saturated carbocycles. The van der Waals surface area contributed by atoms with Crippen LogP contribution in [0.2, 0.25) is 0 Å². The highest BCUT2D eigenvalue weighted by atomic mass is 79.9. The lowest BCUT2D eigenvalue weighted by Gasteiger charge is -2.18. The molecule has 0 aliphatic heterocycles. The van der Waals surface area contributed by atoms with Gasteiger partial charge in [-0.15, -0.1) is 11.3 Å². The molecular formula is C14H16BrN3O2S. The highest BCUT2D eigenvalue weighted by molar-refractivity contribution is 9.11. The number of halogens is 1. The van der Waals surface area contributed by atoms with Crippen molar-refractivity contribution in [1.29, 1.82) is 0 Å². The van der Waals surface area contributed by atoms with Gasteiger partial charge in [-0.1, -0.05) is 0 Å². The smallest absolute Gasteiger partial charge is 0.269 e. The van der Waals surface area contributed by atoms with Crippen LogP contribution in [0.4, 0.5) is 11.4 Å². The van der Waals surface area contributed by atoms with Crippen molar-refractivity contribution in [1.82, 2.24) is 4.90 Å². The first kappa shape index (κ1) is 15.9. The molecule has 5 nitrogen and oxygen atoms in total. The van der Waals surface area contributed by atoms with E-state index in [1.54, 1.807) is 23.5 Å². The summed E-state index contributed by atoms with van der Waals surface area (Å²) in [7, 11) is 3.82. The van der Waals surface area contributed by atoms with Gasteiger partial charge in [0.1, 0.15) is 0 Å². The number of benzene rings is 1. The molecule has 112 valence electrons. The minimum absolute atomic E-state index is 0.121. The first-order valence-corrected chi connectivity index (χ1v) is 8.03. The Bertz CT molecular complexity index is 645. The van der Waals surface area contributed by atoms with Crippen molar-refractivity contribution < 1.29 is 4.92 Å². The van der Waals surface area contributed by atoms with E-state index in [-0.39, 0.29) is 10.6 Å². The van der Waals surface area contributed by atoms with E-state index in [2.05, 4.69) is 37.6 Å². The van der Waals surface area contributed by atoms with E-state index >= 15 is 0 Å². The van der Waals surface area contributed by atoms with Gasteiger partial charge in [0.2, 0.25) is 0 Å². The molecule has 1 aromatic heterocycles. The lowest BCUT2D eigenvalue weighted by molar-refractivity contribution is -0.384. The minimum Gasteiger partial charge on any atom is -0.388 e. The maximum atomic E-state index is 10.9. The van der Waals surface area contributed by atoms with E-state index in [9.17, 15) is 10.1 Å². The van der Waals surface area contributed by atoms with Crippen molar-refractivity contribution in [2.75, 3.05) is 19.4 Å². The Morgan fingerprint density at radius 1 is 1.38 bits per heavy atom. The zero-order chi connectivity index (χ0) is 15.4. The molecule has 0 unspecified atom stereocenters. The van der Waals surface area contributed by atoms with E-state index in [1.807, 2.05) is 14.1 Å². The number of anilines is 1. The number of hydrogen-bond acceptors (Lipinski definition) is 5. The first-order chi connectivity index (χ1) is 9.99. The Balaban J connectivity index is 2.13. The number of nitrogens with zero attached hydrogens (tertiary/aromatic N) is 2. The highest BCUT2D eigenvalue weighted by Gasteiger charge is 2.12. The maximum absolute atomic E-state index is 10.9. The first-order valence-electron chi connectivity index (χ1n) is 6.36. The van der Waals surface area contributed by atoms with Gasteiger partial charge in [-0.2, -0.15) is 0 Å². The number of nitro groups is 1. The maximum Gasteiger partial charge on any atom is 0.269 e. The molecule has 0 amide bonds. The third-order valence-corrected chi connectivity index (χ3v) is 4.64. The molecule has 0 saturated heterocycles. The van der Waals surface area contributed by atoms with Gasteiger partial charge in [-0.05, 0) is 51.6 Å². The Labute approximate surface area is 135 Å². The van der Waals surface area contributed by atoms with Crippen LogP contribution in [0.25, 0.3) is 0 Å². The van der Waals surface area contributed by atoms with Crippen molar-refractivity contribution in [3.8, 4) is 0 Å². The molecule has 21 heavy (non-hydrogen) atoms. The van der Waals surface area contributed by atoms with Crippen LogP contribution in [0.1, 0.15) is 11.1 Å². The van der Waals surface area contributed by atoms with E-state index < -0.39 is 0 Å². The average Bonchev–Trinajstić information content (AvgIpc) is 2.83. The predicted octanol–water partition coefficient (Wildman–Crippen LogP) is 4.09. The number of nitro benzene ring substituents is 1. The summed E-state index contributed by atoms with van der Waals surface area (Å²) < 4.78 is 1.11. The highest BCUT2D eigenvalue weighted by Crippen LogP contribution is 2.25. The molecule has 1 N–H and O–H groups in total. The largest absolute Gasteiger partial charge is 0.388 e. The number of non-ortho nitro benzene ring substituents is 1. The van der Waals surface area contributed by atoms with Crippen molar-refractivity contribution in [3.63, 3.8) is 0 Å². The summed E-state index contributed by atoms with van der Waals surface area (Å²) in [6.07, 6.45) is 0. The summed E-state index contributed by atoms with van der Waals surface area (Å²) in [6.45, 7) is 1.44. The molecule has 0 spiro atoms. The second-order valence-corrected chi connectivity index (χ2v) is 7.07. The molecule has 0 aliphatic rings. The second kappa shape index (κ2) is 7.02. The van der Waals surface area contributed by atoms with Crippen LogP contribution in [0.15, 0.2) is 33.4 Å². The molecular weight excluding hydrogens is 354 g/mol. The van der Waals surface area contributed by atoms with E-state index in [0.717, 1.165) is 21.6 Å². The van der Waals surface area contributed by atoms with Crippen LogP contribution in [0.3, 0.4) is 0 Å². The third-order valence-electron chi connectivity index (χ3n) is 3.08. The molecule has 2 aromatic rings. The van der Waals surface area contributed by atoms with Gasteiger partial charge in [-0.3, -0.25) is 15.0 Å². The predicted molar refractivity (Wildman–Crippen MR) is 89.8 cm³/mol. The third kappa shape index (κ3) is 4.26. The summed E-state index contributed by atoms with van der Waals surface area (Å²) in [4.78, 5) is 12.7. The summed E-state index contributed by atoms with van der Waals surface area (Å²) in [5.74, 6) is 0. The van der Waals surface area contributed by atoms with Crippen LogP contribution < -0.4 is 5.32 Å². The van der Waals surface area contributed by atoms with Gasteiger partial charge in [0.15, 0.2) is 0 Å². The Morgan fingerprint density at radius 3 is 2.71 bits per heavy atom. The second-order valence-electron chi connectivity index (χ2n) is 4.78. The Kier molecular flexibility index (Phi) is 5.33. The fourth-order valence-corrected chi connectivity index (χ4v) is 3.36. The van der Waals surface area contributed by atoms with Gasteiger partial charge in [0, 0.05) is 38.0 Å². The molecule has 7 heteroatoms. The van der Waals surface area contributed by atoms with Crippen molar-refractivity contribution in [2.45, 2.75) is 13.1 Å². The SMILES string of the molecule is CNc1ccc([N+](=O)[O-])cc1CN(C)Cc1csc(Br)c1. The lowest BCUT2D eigenvalue weighted by atomic mass is 10.1. The molecule has 2 rings (SSSR count). The topological polar surface area (TPSA) is 58.4 Å². The quantitative estimate of drug-likeness (QED) is 0.615. The van der Waals surface area contributed by atoms with Gasteiger partial charge < -0.3 is 5.32 Å². The molecule has 0 radical (unpaired) electrons. The van der Waals surface area contributed by atoms with Crippen LogP contribution in [0.5, 0.6) is 0 Å². The van der Waals surface area contributed by atoms with E-state index in [0.29, 0.717) is 6.54 Å². The number of hydrogen-bond donors (Lipinski definition) is 1. The zero-order valence-electron chi connectivity index (χ0n) is 11.8. The van der Waals surface area contributed by atoms with E-state index in [1.165, 1.54) is 11.6 Å². The van der Waals surface area contributed by atoms with Gasteiger partial charge in [0.05, 0.1) is 8.71 Å². The van der Waals surface area contributed by atoms with Crippen molar-refractivity contribution >= 4 is 38.6 Å². The summed E-state index contributed by atoms with van der Waals surface area (Å²) in [6, 6.07) is 6.99. The lowest BCUT2D eigenvalue weighted by Crippen LogP contribution is -2.17.